The lowest BCUT2D eigenvalue weighted by molar-refractivity contribution is -0.116. The van der Waals surface area contributed by atoms with Gasteiger partial charge in [-0.05, 0) is 26.0 Å². The van der Waals surface area contributed by atoms with Gasteiger partial charge in [-0.1, -0.05) is 29.3 Å². The summed E-state index contributed by atoms with van der Waals surface area (Å²) in [5, 5.41) is 2.51. The number of nitrogens with zero attached hydrogens (tertiary/aromatic N) is 1. The Balaban J connectivity index is 2.75. The van der Waals surface area contributed by atoms with E-state index >= 15 is 0 Å². The molecule has 0 spiro atoms. The predicted octanol–water partition coefficient (Wildman–Crippen LogP) is 2.52. The van der Waals surface area contributed by atoms with Gasteiger partial charge in [0.1, 0.15) is 5.82 Å². The van der Waals surface area contributed by atoms with Crippen molar-refractivity contribution in [2.24, 2.45) is 0 Å². The molecule has 0 bridgehead atoms. The lowest BCUT2D eigenvalue weighted by atomic mass is 10.3. The number of amides is 1. The minimum Gasteiger partial charge on any atom is -0.308 e. The lowest BCUT2D eigenvalue weighted by Crippen LogP contribution is -2.29. The van der Waals surface area contributed by atoms with Gasteiger partial charge in [-0.15, -0.1) is 0 Å². The van der Waals surface area contributed by atoms with Crippen LogP contribution in [0.25, 0.3) is 0 Å². The molecule has 0 radical (unpaired) electrons. The number of carbonyl (C=O) groups excluding carboxylic acids is 1. The Morgan fingerprint density at radius 2 is 2.14 bits per heavy atom. The molecule has 0 fully saturated rings. The molecule has 14 heavy (non-hydrogen) atoms. The quantitative estimate of drug-likeness (QED) is 0.797. The second kappa shape index (κ2) is 4.15. The van der Waals surface area contributed by atoms with Gasteiger partial charge in [0.15, 0.2) is 4.33 Å². The highest BCUT2D eigenvalue weighted by atomic mass is 35.5. The number of aryl methyl sites for hydroxylation is 1. The van der Waals surface area contributed by atoms with Gasteiger partial charge in [0.05, 0.1) is 0 Å². The van der Waals surface area contributed by atoms with Crippen molar-refractivity contribution >= 4 is 34.9 Å². The molecule has 0 aromatic carbocycles. The Bertz CT molecular complexity index is 347. The van der Waals surface area contributed by atoms with E-state index < -0.39 is 10.2 Å². The normalized spacial score (nSPS) is 11.1. The lowest BCUT2D eigenvalue weighted by Gasteiger charge is -2.12. The van der Waals surface area contributed by atoms with Gasteiger partial charge in [-0.3, -0.25) is 4.79 Å². The van der Waals surface area contributed by atoms with Crippen LogP contribution in [-0.2, 0) is 4.79 Å². The number of halogens is 2. The van der Waals surface area contributed by atoms with Gasteiger partial charge in [-0.25, -0.2) is 4.98 Å². The number of carbonyl (C=O) groups is 1. The van der Waals surface area contributed by atoms with Gasteiger partial charge in [0, 0.05) is 5.69 Å². The highest BCUT2D eigenvalue weighted by Crippen LogP contribution is 2.21. The van der Waals surface area contributed by atoms with Crippen LogP contribution in [-0.4, -0.2) is 15.2 Å². The maximum absolute atomic E-state index is 11.3. The third-order valence-corrected chi connectivity index (χ3v) is 1.87. The summed E-state index contributed by atoms with van der Waals surface area (Å²) < 4.78 is -1.44. The summed E-state index contributed by atoms with van der Waals surface area (Å²) in [5.41, 5.74) is 0.814. The van der Waals surface area contributed by atoms with Crippen LogP contribution in [0.1, 0.15) is 12.6 Å². The Labute approximate surface area is 92.4 Å². The van der Waals surface area contributed by atoms with E-state index in [1.165, 1.54) is 6.92 Å². The molecule has 1 amide bonds. The number of anilines is 1. The average molecular weight is 233 g/mol. The molecule has 0 aliphatic carbocycles. The van der Waals surface area contributed by atoms with Gasteiger partial charge >= 0.3 is 0 Å². The number of hydrogen-bond donors (Lipinski definition) is 1. The monoisotopic (exact) mass is 232 g/mol. The summed E-state index contributed by atoms with van der Waals surface area (Å²) >= 11 is 11.2. The van der Waals surface area contributed by atoms with Crippen LogP contribution in [0.2, 0.25) is 0 Å². The van der Waals surface area contributed by atoms with Gasteiger partial charge < -0.3 is 5.32 Å². The summed E-state index contributed by atoms with van der Waals surface area (Å²) in [7, 11) is 0. The number of hydrogen-bond acceptors (Lipinski definition) is 2. The molecule has 76 valence electrons. The molecule has 1 aromatic heterocycles. The first-order chi connectivity index (χ1) is 6.39. The predicted molar refractivity (Wildman–Crippen MR) is 57.7 cm³/mol. The van der Waals surface area contributed by atoms with Crippen LogP contribution in [0.3, 0.4) is 0 Å². The van der Waals surface area contributed by atoms with Gasteiger partial charge in [0.25, 0.3) is 5.91 Å². The maximum Gasteiger partial charge on any atom is 0.261 e. The molecule has 5 heteroatoms. The van der Waals surface area contributed by atoms with Crippen LogP contribution >= 0.6 is 23.2 Å². The van der Waals surface area contributed by atoms with Crippen molar-refractivity contribution < 1.29 is 4.79 Å². The smallest absolute Gasteiger partial charge is 0.261 e. The van der Waals surface area contributed by atoms with E-state index in [4.69, 9.17) is 23.2 Å². The van der Waals surface area contributed by atoms with Crippen LogP contribution in [0.15, 0.2) is 18.2 Å². The van der Waals surface area contributed by atoms with Crippen molar-refractivity contribution in [1.29, 1.82) is 0 Å². The zero-order valence-corrected chi connectivity index (χ0v) is 9.36. The second-order valence-corrected chi connectivity index (χ2v) is 4.71. The van der Waals surface area contributed by atoms with Crippen molar-refractivity contribution in [3.63, 3.8) is 0 Å². The first kappa shape index (κ1) is 11.3. The molecular formula is C9H10Cl2N2O. The molecule has 1 rings (SSSR count). The van der Waals surface area contributed by atoms with E-state index in [0.717, 1.165) is 5.69 Å². The van der Waals surface area contributed by atoms with E-state index in [0.29, 0.717) is 5.82 Å². The molecule has 1 aromatic rings. The Morgan fingerprint density at radius 1 is 1.50 bits per heavy atom. The summed E-state index contributed by atoms with van der Waals surface area (Å²) in [5.74, 6) is -0.0403. The SMILES string of the molecule is Cc1cccc(NC(=O)C(C)(Cl)Cl)n1. The third-order valence-electron chi connectivity index (χ3n) is 1.53. The fourth-order valence-electron chi connectivity index (χ4n) is 0.839. The van der Waals surface area contributed by atoms with Crippen molar-refractivity contribution in [3.05, 3.63) is 23.9 Å². The molecule has 0 saturated carbocycles. The Kier molecular flexibility index (Phi) is 3.34. The summed E-state index contributed by atoms with van der Waals surface area (Å²) in [6.45, 7) is 3.23. The molecule has 1 N–H and O–H groups in total. The fraction of sp³-hybridized carbons (Fsp3) is 0.333. The highest BCUT2D eigenvalue weighted by molar-refractivity contribution is 6.58. The van der Waals surface area contributed by atoms with Crippen LogP contribution in [0.5, 0.6) is 0 Å². The zero-order valence-electron chi connectivity index (χ0n) is 7.84. The summed E-state index contributed by atoms with van der Waals surface area (Å²) in [6.07, 6.45) is 0. The van der Waals surface area contributed by atoms with Gasteiger partial charge in [0.2, 0.25) is 0 Å². The largest absolute Gasteiger partial charge is 0.308 e. The number of rotatable bonds is 2. The molecule has 3 nitrogen and oxygen atoms in total. The van der Waals surface area contributed by atoms with Crippen LogP contribution in [0.4, 0.5) is 5.82 Å². The standard InChI is InChI=1S/C9H10Cl2N2O/c1-6-4-3-5-7(12-6)13-8(14)9(2,10)11/h3-5H,1-2H3,(H,12,13,14). The zero-order chi connectivity index (χ0) is 10.8. The molecule has 0 aliphatic heterocycles. The summed E-state index contributed by atoms with van der Waals surface area (Å²) in [4.78, 5) is 15.4. The van der Waals surface area contributed by atoms with Crippen molar-refractivity contribution in [3.8, 4) is 0 Å². The fourth-order valence-corrected chi connectivity index (χ4v) is 0.933. The van der Waals surface area contributed by atoms with Crippen LogP contribution < -0.4 is 5.32 Å². The number of nitrogens with one attached hydrogen (secondary N) is 1. The second-order valence-electron chi connectivity index (χ2n) is 3.01. The minimum absolute atomic E-state index is 0.447. The highest BCUT2D eigenvalue weighted by Gasteiger charge is 2.27. The Hall–Kier alpha value is -0.800. The Morgan fingerprint density at radius 3 is 2.64 bits per heavy atom. The maximum atomic E-state index is 11.3. The van der Waals surface area contributed by atoms with E-state index in [9.17, 15) is 4.79 Å². The van der Waals surface area contributed by atoms with E-state index in [-0.39, 0.29) is 0 Å². The third kappa shape index (κ3) is 3.16. The number of pyridine rings is 1. The van der Waals surface area contributed by atoms with Gasteiger partial charge in [-0.2, -0.15) is 0 Å². The van der Waals surface area contributed by atoms with Crippen molar-refractivity contribution in [1.82, 2.24) is 4.98 Å². The average Bonchev–Trinajstić information content (AvgIpc) is 2.02. The summed E-state index contributed by atoms with van der Waals surface area (Å²) in [6, 6.07) is 5.29. The molecule has 0 saturated heterocycles. The number of aromatic nitrogens is 1. The first-order valence-electron chi connectivity index (χ1n) is 4.02. The molecule has 0 unspecified atom stereocenters. The van der Waals surface area contributed by atoms with E-state index in [1.54, 1.807) is 12.1 Å². The van der Waals surface area contributed by atoms with Crippen molar-refractivity contribution in [2.75, 3.05) is 5.32 Å². The van der Waals surface area contributed by atoms with E-state index in [1.807, 2.05) is 13.0 Å². The van der Waals surface area contributed by atoms with Crippen LogP contribution in [0, 0.1) is 6.92 Å². The number of alkyl halides is 2. The molecular weight excluding hydrogens is 223 g/mol. The molecule has 0 aliphatic rings. The minimum atomic E-state index is -1.44. The molecule has 1 heterocycles. The molecule has 0 atom stereocenters. The van der Waals surface area contributed by atoms with Crippen molar-refractivity contribution in [2.45, 2.75) is 18.2 Å². The topological polar surface area (TPSA) is 42.0 Å². The van der Waals surface area contributed by atoms with E-state index in [2.05, 4.69) is 10.3 Å². The first-order valence-corrected chi connectivity index (χ1v) is 4.78.